The molecule has 11 heavy (non-hydrogen) atoms. The highest BCUT2D eigenvalue weighted by atomic mass is 16.3. The third-order valence-corrected chi connectivity index (χ3v) is 1.63. The highest BCUT2D eigenvalue weighted by Gasteiger charge is 1.97. The average Bonchev–Trinajstić information content (AvgIpc) is 2.31. The molecule has 0 atom stereocenters. The normalized spacial score (nSPS) is 10.9. The van der Waals surface area contributed by atoms with Crippen molar-refractivity contribution in [2.45, 2.75) is 13.3 Å². The Kier molecular flexibility index (Phi) is 2.71. The number of nitrogens with zero attached hydrogens (tertiary/aromatic N) is 1. The lowest BCUT2D eigenvalue weighted by atomic mass is 10.2. The van der Waals surface area contributed by atoms with E-state index in [2.05, 4.69) is 25.1 Å². The molecule has 1 rings (SSSR count). The van der Waals surface area contributed by atoms with Gasteiger partial charge in [0.15, 0.2) is 0 Å². The van der Waals surface area contributed by atoms with Crippen molar-refractivity contribution in [3.8, 4) is 0 Å². The maximum Gasteiger partial charge on any atom is 0.100 e. The molecule has 0 aromatic carbocycles. The van der Waals surface area contributed by atoms with Gasteiger partial charge in [-0.15, -0.1) is 0 Å². The first kappa shape index (κ1) is 8.34. The molecule has 0 bridgehead atoms. The summed E-state index contributed by atoms with van der Waals surface area (Å²) in [5.74, 6) is 0.999. The van der Waals surface area contributed by atoms with Crippen molar-refractivity contribution < 1.29 is 4.42 Å². The molecule has 0 aliphatic rings. The maximum atomic E-state index is 5.18. The van der Waals surface area contributed by atoms with Gasteiger partial charge >= 0.3 is 0 Å². The summed E-state index contributed by atoms with van der Waals surface area (Å²) in [6, 6.07) is 2.09. The van der Waals surface area contributed by atoms with Crippen LogP contribution in [0.1, 0.15) is 11.3 Å². The lowest BCUT2D eigenvalue weighted by Crippen LogP contribution is -2.14. The smallest absolute Gasteiger partial charge is 0.100 e. The monoisotopic (exact) mass is 153 g/mol. The van der Waals surface area contributed by atoms with Gasteiger partial charge in [0.05, 0.1) is 6.26 Å². The Hall–Kier alpha value is -0.760. The summed E-state index contributed by atoms with van der Waals surface area (Å²) in [6.45, 7) is 3.05. The maximum absolute atomic E-state index is 5.18. The summed E-state index contributed by atoms with van der Waals surface area (Å²) in [7, 11) is 4.15. The Morgan fingerprint density at radius 2 is 2.18 bits per heavy atom. The molecule has 1 heterocycles. The van der Waals surface area contributed by atoms with Crippen LogP contribution in [0, 0.1) is 6.92 Å². The number of furan rings is 1. The van der Waals surface area contributed by atoms with E-state index in [0.717, 1.165) is 18.7 Å². The minimum Gasteiger partial charge on any atom is -0.469 e. The molecule has 0 spiro atoms. The van der Waals surface area contributed by atoms with Gasteiger partial charge in [0.2, 0.25) is 0 Å². The van der Waals surface area contributed by atoms with Crippen molar-refractivity contribution in [2.24, 2.45) is 0 Å². The van der Waals surface area contributed by atoms with Crippen molar-refractivity contribution in [1.29, 1.82) is 0 Å². The van der Waals surface area contributed by atoms with E-state index in [1.165, 1.54) is 5.56 Å². The third kappa shape index (κ3) is 2.76. The molecule has 2 heteroatoms. The van der Waals surface area contributed by atoms with E-state index in [4.69, 9.17) is 4.42 Å². The van der Waals surface area contributed by atoms with Crippen molar-refractivity contribution in [1.82, 2.24) is 4.90 Å². The number of rotatable bonds is 3. The van der Waals surface area contributed by atoms with Gasteiger partial charge in [-0.3, -0.25) is 0 Å². The van der Waals surface area contributed by atoms with Crippen molar-refractivity contribution in [3.63, 3.8) is 0 Å². The second kappa shape index (κ2) is 3.58. The predicted molar refractivity (Wildman–Crippen MR) is 45.7 cm³/mol. The van der Waals surface area contributed by atoms with E-state index in [-0.39, 0.29) is 0 Å². The van der Waals surface area contributed by atoms with Crippen LogP contribution < -0.4 is 0 Å². The zero-order valence-corrected chi connectivity index (χ0v) is 7.42. The topological polar surface area (TPSA) is 16.4 Å². The quantitative estimate of drug-likeness (QED) is 0.657. The highest BCUT2D eigenvalue weighted by molar-refractivity contribution is 5.11. The van der Waals surface area contributed by atoms with Crippen molar-refractivity contribution in [3.05, 3.63) is 23.7 Å². The molecule has 62 valence electrons. The second-order valence-corrected chi connectivity index (χ2v) is 3.12. The molecule has 0 saturated heterocycles. The summed E-state index contributed by atoms with van der Waals surface area (Å²) in [5.41, 5.74) is 1.29. The Morgan fingerprint density at radius 3 is 2.64 bits per heavy atom. The minimum atomic E-state index is 0.999. The van der Waals surface area contributed by atoms with Gasteiger partial charge in [0.1, 0.15) is 5.76 Å². The Labute approximate surface area is 67.8 Å². The first-order chi connectivity index (χ1) is 5.18. The number of hydrogen-bond acceptors (Lipinski definition) is 2. The predicted octanol–water partition coefficient (Wildman–Crippen LogP) is 1.69. The van der Waals surface area contributed by atoms with Crippen LogP contribution in [0.3, 0.4) is 0 Å². The first-order valence-electron chi connectivity index (χ1n) is 3.87. The molecule has 0 radical (unpaired) electrons. The Bertz CT molecular complexity index is 215. The molecule has 1 aromatic heterocycles. The summed E-state index contributed by atoms with van der Waals surface area (Å²) in [5, 5.41) is 0. The van der Waals surface area contributed by atoms with E-state index < -0.39 is 0 Å². The molecule has 2 nitrogen and oxygen atoms in total. The van der Waals surface area contributed by atoms with Crippen molar-refractivity contribution in [2.75, 3.05) is 20.6 Å². The van der Waals surface area contributed by atoms with Gasteiger partial charge in [-0.05, 0) is 39.1 Å². The van der Waals surface area contributed by atoms with E-state index in [9.17, 15) is 0 Å². The van der Waals surface area contributed by atoms with Gasteiger partial charge in [0.25, 0.3) is 0 Å². The summed E-state index contributed by atoms with van der Waals surface area (Å²) >= 11 is 0. The second-order valence-electron chi connectivity index (χ2n) is 3.12. The van der Waals surface area contributed by atoms with Gasteiger partial charge in [-0.1, -0.05) is 0 Å². The molecule has 1 aromatic rings. The number of likely N-dealkylation sites (N-methyl/N-ethyl adjacent to an activating group) is 1. The number of hydrogen-bond donors (Lipinski definition) is 0. The molecule has 0 N–H and O–H groups in total. The average molecular weight is 153 g/mol. The zero-order valence-electron chi connectivity index (χ0n) is 7.42. The van der Waals surface area contributed by atoms with Crippen LogP contribution >= 0.6 is 0 Å². The standard InChI is InChI=1S/C9H15NO/c1-8-6-9(7-11-8)4-5-10(2)3/h6-7H,4-5H2,1-3H3. The lowest BCUT2D eigenvalue weighted by molar-refractivity contribution is 0.412. The molecule has 0 aliphatic carbocycles. The van der Waals surface area contributed by atoms with Crippen LogP contribution in [0.5, 0.6) is 0 Å². The van der Waals surface area contributed by atoms with Gasteiger partial charge in [-0.25, -0.2) is 0 Å². The van der Waals surface area contributed by atoms with E-state index in [0.29, 0.717) is 0 Å². The van der Waals surface area contributed by atoms with Crippen LogP contribution in [0.15, 0.2) is 16.7 Å². The van der Waals surface area contributed by atoms with Gasteiger partial charge < -0.3 is 9.32 Å². The fourth-order valence-electron chi connectivity index (χ4n) is 0.982. The fraction of sp³-hybridized carbons (Fsp3) is 0.556. The van der Waals surface area contributed by atoms with Crippen LogP contribution in [0.25, 0.3) is 0 Å². The van der Waals surface area contributed by atoms with Crippen LogP contribution in [-0.2, 0) is 6.42 Å². The van der Waals surface area contributed by atoms with Crippen LogP contribution in [0.2, 0.25) is 0 Å². The lowest BCUT2D eigenvalue weighted by Gasteiger charge is -2.06. The zero-order chi connectivity index (χ0) is 8.27. The fourth-order valence-corrected chi connectivity index (χ4v) is 0.982. The van der Waals surface area contributed by atoms with Gasteiger partial charge in [0, 0.05) is 6.54 Å². The Morgan fingerprint density at radius 1 is 1.45 bits per heavy atom. The first-order valence-corrected chi connectivity index (χ1v) is 3.87. The molecular weight excluding hydrogens is 138 g/mol. The number of aryl methyl sites for hydroxylation is 1. The summed E-state index contributed by atoms with van der Waals surface area (Å²) in [4.78, 5) is 2.17. The summed E-state index contributed by atoms with van der Waals surface area (Å²) in [6.07, 6.45) is 2.91. The van der Waals surface area contributed by atoms with Crippen molar-refractivity contribution >= 4 is 0 Å². The summed E-state index contributed by atoms with van der Waals surface area (Å²) < 4.78 is 5.18. The van der Waals surface area contributed by atoms with Gasteiger partial charge in [-0.2, -0.15) is 0 Å². The third-order valence-electron chi connectivity index (χ3n) is 1.63. The van der Waals surface area contributed by atoms with Crippen LogP contribution in [-0.4, -0.2) is 25.5 Å². The van der Waals surface area contributed by atoms with Crippen LogP contribution in [0.4, 0.5) is 0 Å². The molecule has 0 amide bonds. The Balaban J connectivity index is 2.39. The van der Waals surface area contributed by atoms with E-state index >= 15 is 0 Å². The minimum absolute atomic E-state index is 0.999. The molecule has 0 fully saturated rings. The largest absolute Gasteiger partial charge is 0.469 e. The highest BCUT2D eigenvalue weighted by Crippen LogP contribution is 2.06. The van der Waals surface area contributed by atoms with E-state index in [1.54, 1.807) is 0 Å². The SMILES string of the molecule is Cc1cc(CCN(C)C)co1. The van der Waals surface area contributed by atoms with E-state index in [1.807, 2.05) is 13.2 Å². The molecule has 0 unspecified atom stereocenters. The molecule has 0 aliphatic heterocycles. The molecular formula is C9H15NO. The molecule has 0 saturated carbocycles.